The topological polar surface area (TPSA) is 79.5 Å². The third kappa shape index (κ3) is 3.30. The Balaban J connectivity index is 2.24. The van der Waals surface area contributed by atoms with Gasteiger partial charge in [-0.2, -0.15) is 0 Å². The number of H-pyrrole nitrogens is 1. The second kappa shape index (κ2) is 6.56. The van der Waals surface area contributed by atoms with Crippen LogP contribution >= 0.6 is 0 Å². The minimum absolute atomic E-state index is 0.0160. The summed E-state index contributed by atoms with van der Waals surface area (Å²) in [7, 11) is 1.66. The van der Waals surface area contributed by atoms with Gasteiger partial charge in [-0.3, -0.25) is 9.59 Å². The number of rotatable bonds is 6. The van der Waals surface area contributed by atoms with Gasteiger partial charge in [0.25, 0.3) is 0 Å². The number of likely N-dealkylation sites (N-methyl/N-ethyl adjacent to an activating group) is 1. The molecule has 2 rings (SSSR count). The summed E-state index contributed by atoms with van der Waals surface area (Å²) in [5.74, 6) is -0.549. The average molecular weight is 320 g/mol. The van der Waals surface area contributed by atoms with Gasteiger partial charge in [-0.05, 0) is 46.1 Å². The molecule has 6 heteroatoms. The summed E-state index contributed by atoms with van der Waals surface area (Å²) < 4.78 is 5.00. The third-order valence-electron chi connectivity index (χ3n) is 4.40. The van der Waals surface area contributed by atoms with E-state index in [1.165, 1.54) is 4.90 Å². The van der Waals surface area contributed by atoms with Crippen LogP contribution in [0.5, 0.6) is 0 Å². The van der Waals surface area contributed by atoms with Crippen molar-refractivity contribution in [2.24, 2.45) is 5.92 Å². The number of carbonyl (C=O) groups excluding carboxylic acids is 3. The van der Waals surface area contributed by atoms with Gasteiger partial charge in [-0.25, -0.2) is 4.79 Å². The zero-order valence-corrected chi connectivity index (χ0v) is 14.4. The largest absolute Gasteiger partial charge is 0.461 e. The highest BCUT2D eigenvalue weighted by Gasteiger charge is 2.36. The van der Waals surface area contributed by atoms with Gasteiger partial charge in [0.2, 0.25) is 5.91 Å². The van der Waals surface area contributed by atoms with Crippen LogP contribution in [-0.4, -0.2) is 47.2 Å². The van der Waals surface area contributed by atoms with Crippen molar-refractivity contribution >= 4 is 17.7 Å². The lowest BCUT2D eigenvalue weighted by molar-refractivity contribution is -0.132. The highest BCUT2D eigenvalue weighted by Crippen LogP contribution is 2.31. The van der Waals surface area contributed by atoms with Gasteiger partial charge in [0.1, 0.15) is 5.69 Å². The van der Waals surface area contributed by atoms with Gasteiger partial charge in [-0.15, -0.1) is 0 Å². The summed E-state index contributed by atoms with van der Waals surface area (Å²) in [5, 5.41) is 0. The summed E-state index contributed by atoms with van der Waals surface area (Å²) in [6, 6.07) is -0.564. The molecule has 0 spiro atoms. The predicted molar refractivity (Wildman–Crippen MR) is 85.5 cm³/mol. The maximum Gasteiger partial charge on any atom is 0.355 e. The maximum absolute atomic E-state index is 12.8. The van der Waals surface area contributed by atoms with Crippen molar-refractivity contribution in [2.45, 2.75) is 46.6 Å². The number of aromatic amines is 1. The van der Waals surface area contributed by atoms with Gasteiger partial charge in [0.05, 0.1) is 12.6 Å². The number of esters is 1. The molecule has 0 radical (unpaired) electrons. The van der Waals surface area contributed by atoms with Crippen LogP contribution in [0.1, 0.15) is 58.8 Å². The van der Waals surface area contributed by atoms with Gasteiger partial charge in [0.15, 0.2) is 5.78 Å². The number of nitrogens with one attached hydrogen (secondary N) is 1. The monoisotopic (exact) mass is 320 g/mol. The Morgan fingerprint density at radius 2 is 1.91 bits per heavy atom. The van der Waals surface area contributed by atoms with Crippen molar-refractivity contribution in [3.05, 3.63) is 22.5 Å². The molecule has 1 aromatic rings. The number of aryl methyl sites for hydroxylation is 1. The van der Waals surface area contributed by atoms with Crippen LogP contribution < -0.4 is 0 Å². The van der Waals surface area contributed by atoms with E-state index >= 15 is 0 Å². The molecule has 1 saturated carbocycles. The fraction of sp³-hybridized carbons (Fsp3) is 0.588. The minimum atomic E-state index is -0.564. The average Bonchev–Trinajstić information content (AvgIpc) is 3.31. The summed E-state index contributed by atoms with van der Waals surface area (Å²) in [4.78, 5) is 41.3. The third-order valence-corrected chi connectivity index (χ3v) is 4.40. The van der Waals surface area contributed by atoms with Crippen molar-refractivity contribution in [1.82, 2.24) is 9.88 Å². The molecular weight excluding hydrogens is 296 g/mol. The van der Waals surface area contributed by atoms with E-state index < -0.39 is 12.0 Å². The molecule has 1 fully saturated rings. The quantitative estimate of drug-likeness (QED) is 0.644. The lowest BCUT2D eigenvalue weighted by atomic mass is 10.00. The number of nitrogens with zero attached hydrogens (tertiary/aromatic N) is 1. The van der Waals surface area contributed by atoms with E-state index in [4.69, 9.17) is 4.74 Å². The Morgan fingerprint density at radius 1 is 1.30 bits per heavy atom. The number of hydrogen-bond donors (Lipinski definition) is 1. The van der Waals surface area contributed by atoms with Crippen LogP contribution in [0.15, 0.2) is 0 Å². The highest BCUT2D eigenvalue weighted by atomic mass is 16.5. The van der Waals surface area contributed by atoms with Crippen LogP contribution in [0, 0.1) is 19.8 Å². The molecule has 1 aromatic heterocycles. The number of ketones is 1. The molecule has 23 heavy (non-hydrogen) atoms. The molecular formula is C17H24N2O4. The SMILES string of the molecule is CCOC(=O)c1[nH]c(C)c(C(=O)C(C)N(C)C(=O)C2CC2)c1C. The Kier molecular flexibility index (Phi) is 4.92. The van der Waals surface area contributed by atoms with E-state index in [9.17, 15) is 14.4 Å². The number of carbonyl (C=O) groups is 3. The fourth-order valence-corrected chi connectivity index (χ4v) is 2.72. The van der Waals surface area contributed by atoms with Crippen LogP contribution in [0.3, 0.4) is 0 Å². The number of amides is 1. The number of hydrogen-bond acceptors (Lipinski definition) is 4. The first-order valence-electron chi connectivity index (χ1n) is 7.96. The van der Waals surface area contributed by atoms with Gasteiger partial charge < -0.3 is 14.6 Å². The zero-order chi connectivity index (χ0) is 17.3. The normalized spacial score (nSPS) is 15.2. The fourth-order valence-electron chi connectivity index (χ4n) is 2.72. The zero-order valence-electron chi connectivity index (χ0n) is 14.4. The molecule has 1 aliphatic carbocycles. The summed E-state index contributed by atoms with van der Waals surface area (Å²) >= 11 is 0. The van der Waals surface area contributed by atoms with E-state index in [2.05, 4.69) is 4.98 Å². The predicted octanol–water partition coefficient (Wildman–Crippen LogP) is 2.25. The second-order valence-corrected chi connectivity index (χ2v) is 6.11. The Morgan fingerprint density at radius 3 is 2.43 bits per heavy atom. The molecule has 6 nitrogen and oxygen atoms in total. The number of ether oxygens (including phenoxy) is 1. The first kappa shape index (κ1) is 17.2. The highest BCUT2D eigenvalue weighted by molar-refractivity contribution is 6.06. The standard InChI is InChI=1S/C17H24N2O4/c1-6-23-17(22)14-9(2)13(10(3)18-14)15(20)11(4)19(5)16(21)12-7-8-12/h11-12,18H,6-8H2,1-5H3. The molecule has 0 aromatic carbocycles. The molecule has 1 heterocycles. The smallest absolute Gasteiger partial charge is 0.355 e. The first-order valence-corrected chi connectivity index (χ1v) is 7.96. The van der Waals surface area contributed by atoms with Gasteiger partial charge in [0, 0.05) is 24.2 Å². The number of Topliss-reactive ketones (excluding diaryl/α,β-unsaturated/α-hetero) is 1. The molecule has 1 N–H and O–H groups in total. The molecule has 1 atom stereocenters. The Bertz CT molecular complexity index is 643. The lowest BCUT2D eigenvalue weighted by Gasteiger charge is -2.24. The van der Waals surface area contributed by atoms with E-state index in [-0.39, 0.29) is 24.2 Å². The molecule has 0 aliphatic heterocycles. The van der Waals surface area contributed by atoms with E-state index in [0.717, 1.165) is 12.8 Å². The molecule has 0 bridgehead atoms. The molecule has 1 amide bonds. The molecule has 1 aliphatic rings. The summed E-state index contributed by atoms with van der Waals surface area (Å²) in [6.07, 6.45) is 1.80. The molecule has 1 unspecified atom stereocenters. The van der Waals surface area contributed by atoms with Crippen LogP contribution in [0.2, 0.25) is 0 Å². The van der Waals surface area contributed by atoms with Gasteiger partial charge >= 0.3 is 5.97 Å². The van der Waals surface area contributed by atoms with Crippen molar-refractivity contribution in [1.29, 1.82) is 0 Å². The van der Waals surface area contributed by atoms with Crippen molar-refractivity contribution in [3.63, 3.8) is 0 Å². The summed E-state index contributed by atoms with van der Waals surface area (Å²) in [5.41, 5.74) is 1.96. The molecule has 126 valence electrons. The van der Waals surface area contributed by atoms with Crippen LogP contribution in [0.25, 0.3) is 0 Å². The molecule has 0 saturated heterocycles. The Hall–Kier alpha value is -2.11. The van der Waals surface area contributed by atoms with E-state index in [0.29, 0.717) is 22.5 Å². The van der Waals surface area contributed by atoms with Crippen LogP contribution in [0.4, 0.5) is 0 Å². The van der Waals surface area contributed by atoms with Crippen molar-refractivity contribution in [3.8, 4) is 0 Å². The first-order chi connectivity index (χ1) is 10.8. The second-order valence-electron chi connectivity index (χ2n) is 6.11. The minimum Gasteiger partial charge on any atom is -0.461 e. The van der Waals surface area contributed by atoms with E-state index in [1.54, 1.807) is 34.7 Å². The maximum atomic E-state index is 12.8. The van der Waals surface area contributed by atoms with Crippen molar-refractivity contribution in [2.75, 3.05) is 13.7 Å². The summed E-state index contributed by atoms with van der Waals surface area (Å²) in [6.45, 7) is 7.19. The van der Waals surface area contributed by atoms with Crippen LogP contribution in [-0.2, 0) is 9.53 Å². The van der Waals surface area contributed by atoms with Crippen molar-refractivity contribution < 1.29 is 19.1 Å². The number of aromatic nitrogens is 1. The van der Waals surface area contributed by atoms with Gasteiger partial charge in [-0.1, -0.05) is 0 Å². The van der Waals surface area contributed by atoms with E-state index in [1.807, 2.05) is 0 Å². The Labute approximate surface area is 136 Å². The lowest BCUT2D eigenvalue weighted by Crippen LogP contribution is -2.41.